The maximum absolute atomic E-state index is 12.8. The number of ether oxygens (including phenoxy) is 1. The summed E-state index contributed by atoms with van der Waals surface area (Å²) in [5, 5.41) is 3.06. The molecule has 140 valence electrons. The van der Waals surface area contributed by atoms with Gasteiger partial charge in [-0.05, 0) is 37.1 Å². The maximum Gasteiger partial charge on any atom is 0.255 e. The number of para-hydroxylation sites is 1. The summed E-state index contributed by atoms with van der Waals surface area (Å²) in [4.78, 5) is 20.6. The van der Waals surface area contributed by atoms with Crippen LogP contribution in [0.4, 0.5) is 0 Å². The Morgan fingerprint density at radius 2 is 1.93 bits per heavy atom. The topological polar surface area (TPSA) is 93.0 Å². The van der Waals surface area contributed by atoms with Gasteiger partial charge in [-0.1, -0.05) is 42.5 Å². The van der Waals surface area contributed by atoms with E-state index in [0.717, 1.165) is 17.7 Å². The third-order valence-corrected chi connectivity index (χ3v) is 4.36. The quantitative estimate of drug-likeness (QED) is 0.572. The monoisotopic (exact) mass is 364 g/mol. The van der Waals surface area contributed by atoms with E-state index in [9.17, 15) is 4.79 Å². The standard InChI is InChI=1S/C21H24N4O2/c1-27-19-12-6-5-10-16(19)21(26)25-17(11-7-13-22)20-23-14-18(24-20)15-8-3-2-4-9-15/h2-6,8-10,12,14,17H,7,11,13,22H2,1H3,(H,23,24)(H,25,26)/t17-/m0/s1. The number of imidazole rings is 1. The van der Waals surface area contributed by atoms with Gasteiger partial charge in [0.15, 0.2) is 0 Å². The highest BCUT2D eigenvalue weighted by molar-refractivity contribution is 5.97. The van der Waals surface area contributed by atoms with Gasteiger partial charge in [-0.3, -0.25) is 4.79 Å². The van der Waals surface area contributed by atoms with Crippen LogP contribution in [0.25, 0.3) is 11.3 Å². The molecular weight excluding hydrogens is 340 g/mol. The average molecular weight is 364 g/mol. The summed E-state index contributed by atoms with van der Waals surface area (Å²) in [6.45, 7) is 0.549. The Kier molecular flexibility index (Phi) is 6.22. The van der Waals surface area contributed by atoms with Gasteiger partial charge in [-0.25, -0.2) is 4.98 Å². The highest BCUT2D eigenvalue weighted by Gasteiger charge is 2.20. The average Bonchev–Trinajstić information content (AvgIpc) is 3.21. The Morgan fingerprint density at radius 3 is 2.67 bits per heavy atom. The molecule has 1 aromatic heterocycles. The number of benzene rings is 2. The van der Waals surface area contributed by atoms with Gasteiger partial charge in [0, 0.05) is 0 Å². The highest BCUT2D eigenvalue weighted by atomic mass is 16.5. The van der Waals surface area contributed by atoms with E-state index in [2.05, 4.69) is 15.3 Å². The molecule has 1 amide bonds. The second-order valence-electron chi connectivity index (χ2n) is 6.21. The number of nitrogens with one attached hydrogen (secondary N) is 2. The minimum atomic E-state index is -0.261. The van der Waals surface area contributed by atoms with E-state index in [1.165, 1.54) is 0 Å². The van der Waals surface area contributed by atoms with Gasteiger partial charge in [-0.2, -0.15) is 0 Å². The van der Waals surface area contributed by atoms with Gasteiger partial charge in [0.2, 0.25) is 0 Å². The zero-order valence-electron chi connectivity index (χ0n) is 15.3. The molecule has 0 aliphatic carbocycles. The molecule has 0 aliphatic rings. The Hall–Kier alpha value is -3.12. The molecule has 1 heterocycles. The fourth-order valence-corrected chi connectivity index (χ4v) is 2.95. The summed E-state index contributed by atoms with van der Waals surface area (Å²) in [5.74, 6) is 1.05. The molecule has 6 heteroatoms. The number of aromatic amines is 1. The number of nitrogens with zero attached hydrogens (tertiary/aromatic N) is 1. The van der Waals surface area contributed by atoms with Crippen LogP contribution in [-0.2, 0) is 0 Å². The Morgan fingerprint density at radius 1 is 1.19 bits per heavy atom. The van der Waals surface area contributed by atoms with E-state index in [0.29, 0.717) is 30.1 Å². The van der Waals surface area contributed by atoms with Gasteiger partial charge < -0.3 is 20.8 Å². The van der Waals surface area contributed by atoms with Crippen molar-refractivity contribution < 1.29 is 9.53 Å². The van der Waals surface area contributed by atoms with Crippen LogP contribution in [0.2, 0.25) is 0 Å². The normalized spacial score (nSPS) is 11.8. The number of H-pyrrole nitrogens is 1. The molecule has 0 unspecified atom stereocenters. The van der Waals surface area contributed by atoms with Crippen molar-refractivity contribution in [3.05, 3.63) is 72.2 Å². The zero-order valence-corrected chi connectivity index (χ0v) is 15.3. The number of carbonyl (C=O) groups is 1. The molecule has 6 nitrogen and oxygen atoms in total. The summed E-state index contributed by atoms with van der Waals surface area (Å²) in [5.41, 5.74) is 8.13. The van der Waals surface area contributed by atoms with E-state index in [-0.39, 0.29) is 11.9 Å². The third-order valence-electron chi connectivity index (χ3n) is 4.36. The molecule has 0 spiro atoms. The minimum absolute atomic E-state index is 0.202. The molecule has 3 aromatic rings. The molecule has 0 aliphatic heterocycles. The van der Waals surface area contributed by atoms with Crippen LogP contribution in [0.15, 0.2) is 60.8 Å². The molecule has 2 aromatic carbocycles. The van der Waals surface area contributed by atoms with E-state index >= 15 is 0 Å². The van der Waals surface area contributed by atoms with Crippen LogP contribution in [0.5, 0.6) is 5.75 Å². The number of amides is 1. The zero-order chi connectivity index (χ0) is 19.1. The fourth-order valence-electron chi connectivity index (χ4n) is 2.95. The van der Waals surface area contributed by atoms with Crippen molar-refractivity contribution in [2.75, 3.05) is 13.7 Å². The number of rotatable bonds is 8. The lowest BCUT2D eigenvalue weighted by Gasteiger charge is -2.17. The Balaban J connectivity index is 1.82. The van der Waals surface area contributed by atoms with Crippen molar-refractivity contribution in [3.63, 3.8) is 0 Å². The van der Waals surface area contributed by atoms with E-state index < -0.39 is 0 Å². The number of hydrogen-bond acceptors (Lipinski definition) is 4. The third kappa shape index (κ3) is 4.54. The summed E-state index contributed by atoms with van der Waals surface area (Å²) in [6.07, 6.45) is 3.26. The summed E-state index contributed by atoms with van der Waals surface area (Å²) in [7, 11) is 1.55. The van der Waals surface area contributed by atoms with Crippen molar-refractivity contribution in [1.82, 2.24) is 15.3 Å². The van der Waals surface area contributed by atoms with Crippen LogP contribution < -0.4 is 15.8 Å². The number of carbonyl (C=O) groups excluding carboxylic acids is 1. The van der Waals surface area contributed by atoms with Crippen LogP contribution in [0.3, 0.4) is 0 Å². The molecule has 0 bridgehead atoms. The molecule has 27 heavy (non-hydrogen) atoms. The summed E-state index contributed by atoms with van der Waals surface area (Å²) in [6, 6.07) is 16.8. The van der Waals surface area contributed by atoms with E-state index in [1.807, 2.05) is 42.5 Å². The lowest BCUT2D eigenvalue weighted by Crippen LogP contribution is -2.30. The predicted molar refractivity (Wildman–Crippen MR) is 106 cm³/mol. The van der Waals surface area contributed by atoms with E-state index in [1.54, 1.807) is 25.4 Å². The lowest BCUT2D eigenvalue weighted by molar-refractivity contribution is 0.0929. The van der Waals surface area contributed by atoms with Crippen molar-refractivity contribution in [3.8, 4) is 17.0 Å². The van der Waals surface area contributed by atoms with Crippen molar-refractivity contribution in [2.24, 2.45) is 5.73 Å². The minimum Gasteiger partial charge on any atom is -0.496 e. The molecule has 1 atom stereocenters. The Labute approximate surface area is 158 Å². The van der Waals surface area contributed by atoms with Gasteiger partial charge in [0.05, 0.1) is 30.6 Å². The molecule has 0 saturated heterocycles. The molecule has 0 radical (unpaired) electrons. The van der Waals surface area contributed by atoms with Gasteiger partial charge in [-0.15, -0.1) is 0 Å². The first-order chi connectivity index (χ1) is 13.2. The summed E-state index contributed by atoms with van der Waals surface area (Å²) < 4.78 is 5.29. The van der Waals surface area contributed by atoms with Crippen LogP contribution in [0.1, 0.15) is 35.1 Å². The largest absolute Gasteiger partial charge is 0.496 e. The molecule has 4 N–H and O–H groups in total. The van der Waals surface area contributed by atoms with E-state index in [4.69, 9.17) is 10.5 Å². The lowest BCUT2D eigenvalue weighted by atomic mass is 10.1. The summed E-state index contributed by atoms with van der Waals surface area (Å²) >= 11 is 0. The molecule has 0 saturated carbocycles. The molecular formula is C21H24N4O2. The first-order valence-electron chi connectivity index (χ1n) is 8.97. The number of methoxy groups -OCH3 is 1. The van der Waals surface area contributed by atoms with Gasteiger partial charge in [0.25, 0.3) is 5.91 Å². The smallest absolute Gasteiger partial charge is 0.255 e. The van der Waals surface area contributed by atoms with Crippen molar-refractivity contribution in [1.29, 1.82) is 0 Å². The SMILES string of the molecule is COc1ccccc1C(=O)N[C@@H](CCCN)c1ncc(-c2ccccc2)[nH]1. The first-order valence-corrected chi connectivity index (χ1v) is 8.97. The number of nitrogens with two attached hydrogens (primary N) is 1. The molecule has 3 rings (SSSR count). The second kappa shape index (κ2) is 9.00. The first kappa shape index (κ1) is 18.7. The van der Waals surface area contributed by atoms with Gasteiger partial charge >= 0.3 is 0 Å². The van der Waals surface area contributed by atoms with Crippen LogP contribution in [-0.4, -0.2) is 29.5 Å². The predicted octanol–water partition coefficient (Wildman–Crippen LogP) is 3.30. The fraction of sp³-hybridized carbons (Fsp3) is 0.238. The highest BCUT2D eigenvalue weighted by Crippen LogP contribution is 2.23. The molecule has 0 fully saturated rings. The number of hydrogen-bond donors (Lipinski definition) is 3. The Bertz CT molecular complexity index is 877. The van der Waals surface area contributed by atoms with Gasteiger partial charge in [0.1, 0.15) is 11.6 Å². The van der Waals surface area contributed by atoms with Crippen molar-refractivity contribution >= 4 is 5.91 Å². The number of aromatic nitrogens is 2. The van der Waals surface area contributed by atoms with Crippen molar-refractivity contribution in [2.45, 2.75) is 18.9 Å². The van der Waals surface area contributed by atoms with Crippen LogP contribution in [0, 0.1) is 0 Å². The van der Waals surface area contributed by atoms with Crippen LogP contribution >= 0.6 is 0 Å². The second-order valence-corrected chi connectivity index (χ2v) is 6.21. The maximum atomic E-state index is 12.8.